The van der Waals surface area contributed by atoms with Gasteiger partial charge < -0.3 is 9.90 Å². The van der Waals surface area contributed by atoms with Crippen molar-refractivity contribution < 1.29 is 44.3 Å². The molecule has 3 nitrogen and oxygen atoms in total. The van der Waals surface area contributed by atoms with E-state index in [1.165, 1.54) is 13.8 Å². The molecule has 1 atom stereocenters. The minimum atomic E-state index is -1.60. The maximum absolute atomic E-state index is 10.2. The fraction of sp³-hybridized carbons (Fsp3) is 0.600. The number of aliphatic carboxylic acids is 1. The van der Waals surface area contributed by atoms with Gasteiger partial charge in [-0.2, -0.15) is 0 Å². The van der Waals surface area contributed by atoms with Crippen molar-refractivity contribution in [2.75, 3.05) is 0 Å². The second kappa shape index (κ2) is 4.97. The molecule has 0 amide bonds. The molecular formula is C5H7NaO3. The first kappa shape index (κ1) is 11.9. The van der Waals surface area contributed by atoms with Crippen LogP contribution in [-0.2, 0) is 9.59 Å². The minimum Gasteiger partial charge on any atom is -0.542 e. The molecule has 0 radical (unpaired) electrons. The van der Waals surface area contributed by atoms with Crippen LogP contribution in [0.3, 0.4) is 0 Å². The molecule has 0 aliphatic rings. The number of carboxylic acid groups (broad SMARTS) is 1. The molecule has 0 fully saturated rings. The number of Topliss-reactive ketones (excluding diaryl/α,β-unsaturated/α-hetero) is 1. The molecule has 0 aromatic rings. The Kier molecular flexibility index (Phi) is 6.56. The molecule has 0 bridgehead atoms. The maximum Gasteiger partial charge on any atom is 1.00 e. The summed E-state index contributed by atoms with van der Waals surface area (Å²) >= 11 is 0. The van der Waals surface area contributed by atoms with Crippen molar-refractivity contribution >= 4 is 11.8 Å². The molecule has 46 valence electrons. The van der Waals surface area contributed by atoms with Crippen molar-refractivity contribution in [2.24, 2.45) is 5.92 Å². The van der Waals surface area contributed by atoms with Crippen LogP contribution >= 0.6 is 0 Å². The number of carbonyl (C=O) groups excluding carboxylic acids is 2. The van der Waals surface area contributed by atoms with E-state index < -0.39 is 17.7 Å². The summed E-state index contributed by atoms with van der Waals surface area (Å²) in [5.41, 5.74) is 0. The van der Waals surface area contributed by atoms with Gasteiger partial charge in [0, 0.05) is 5.92 Å². The normalized spacial score (nSPS) is 11.3. The zero-order valence-electron chi connectivity index (χ0n) is 5.80. The van der Waals surface area contributed by atoms with Crippen LogP contribution in [0.4, 0.5) is 0 Å². The summed E-state index contributed by atoms with van der Waals surface area (Å²) in [4.78, 5) is 19.9. The number of hydrogen-bond donors (Lipinski definition) is 0. The fourth-order valence-electron chi connectivity index (χ4n) is 0.236. The Morgan fingerprint density at radius 1 is 1.33 bits per heavy atom. The Bertz CT molecular complexity index is 119. The van der Waals surface area contributed by atoms with Crippen LogP contribution in [0.1, 0.15) is 13.8 Å². The SMILES string of the molecule is CC([13CH3])C(=O)C(=O)[O-].[Na+]. The summed E-state index contributed by atoms with van der Waals surface area (Å²) in [5.74, 6) is -2.90. The predicted molar refractivity (Wildman–Crippen MR) is 24.9 cm³/mol. The monoisotopic (exact) mass is 139 g/mol. The van der Waals surface area contributed by atoms with Gasteiger partial charge >= 0.3 is 29.6 Å². The third-order valence-electron chi connectivity index (χ3n) is 0.726. The summed E-state index contributed by atoms with van der Waals surface area (Å²) in [7, 11) is 0. The van der Waals surface area contributed by atoms with E-state index in [0.29, 0.717) is 0 Å². The Labute approximate surface area is 75.7 Å². The number of ketones is 1. The second-order valence-electron chi connectivity index (χ2n) is 1.81. The molecule has 0 N–H and O–H groups in total. The van der Waals surface area contributed by atoms with Crippen molar-refractivity contribution in [1.82, 2.24) is 0 Å². The molecule has 0 aromatic carbocycles. The molecular weight excluding hydrogens is 132 g/mol. The molecule has 0 aliphatic heterocycles. The van der Waals surface area contributed by atoms with Gasteiger partial charge in [0.2, 0.25) is 0 Å². The molecule has 0 rings (SSSR count). The van der Waals surface area contributed by atoms with E-state index in [0.717, 1.165) is 0 Å². The molecule has 0 saturated heterocycles. The summed E-state index contributed by atoms with van der Waals surface area (Å²) in [6, 6.07) is 0. The molecule has 0 spiro atoms. The van der Waals surface area contributed by atoms with Crippen LogP contribution in [0.15, 0.2) is 0 Å². The van der Waals surface area contributed by atoms with E-state index >= 15 is 0 Å². The first-order valence-electron chi connectivity index (χ1n) is 2.31. The van der Waals surface area contributed by atoms with Crippen LogP contribution < -0.4 is 34.7 Å². The Morgan fingerprint density at radius 2 is 1.67 bits per heavy atom. The molecule has 9 heavy (non-hydrogen) atoms. The summed E-state index contributed by atoms with van der Waals surface area (Å²) in [5, 5.41) is 9.68. The van der Waals surface area contributed by atoms with Crippen LogP contribution in [0.25, 0.3) is 0 Å². The summed E-state index contributed by atoms with van der Waals surface area (Å²) < 4.78 is 0. The van der Waals surface area contributed by atoms with Gasteiger partial charge in [0.15, 0.2) is 5.78 Å². The summed E-state index contributed by atoms with van der Waals surface area (Å²) in [6.45, 7) is 3.02. The van der Waals surface area contributed by atoms with Crippen LogP contribution in [0.2, 0.25) is 0 Å². The third kappa shape index (κ3) is 4.63. The first-order valence-corrected chi connectivity index (χ1v) is 2.31. The maximum atomic E-state index is 10.2. The molecule has 4 heteroatoms. The van der Waals surface area contributed by atoms with Gasteiger partial charge in [0.1, 0.15) is 5.97 Å². The molecule has 0 heterocycles. The average molecular weight is 139 g/mol. The first-order chi connectivity index (χ1) is 3.55. The zero-order valence-corrected chi connectivity index (χ0v) is 7.80. The molecule has 0 saturated carbocycles. The van der Waals surface area contributed by atoms with Crippen molar-refractivity contribution in [1.29, 1.82) is 0 Å². The van der Waals surface area contributed by atoms with Crippen molar-refractivity contribution in [2.45, 2.75) is 13.8 Å². The zero-order chi connectivity index (χ0) is 6.73. The molecule has 1 unspecified atom stereocenters. The Morgan fingerprint density at radius 3 is 1.67 bits per heavy atom. The summed E-state index contributed by atoms with van der Waals surface area (Å²) in [6.07, 6.45) is 0. The largest absolute Gasteiger partial charge is 1.00 e. The van der Waals surface area contributed by atoms with E-state index in [1.807, 2.05) is 0 Å². The third-order valence-corrected chi connectivity index (χ3v) is 0.726. The number of rotatable bonds is 2. The smallest absolute Gasteiger partial charge is 0.542 e. The van der Waals surface area contributed by atoms with Crippen LogP contribution in [0.5, 0.6) is 0 Å². The average Bonchev–Trinajstić information content (AvgIpc) is 1.64. The van der Waals surface area contributed by atoms with Gasteiger partial charge in [0.05, 0.1) is 0 Å². The van der Waals surface area contributed by atoms with E-state index in [2.05, 4.69) is 0 Å². The molecule has 0 aromatic heterocycles. The number of hydrogen-bond acceptors (Lipinski definition) is 3. The van der Waals surface area contributed by atoms with Crippen LogP contribution in [-0.4, -0.2) is 11.8 Å². The standard InChI is InChI=1S/C5H8O3.Na/c1-3(2)4(6)5(7)8;/h3H,1-2H3,(H,7,8);/q;+1/p-1/i1+1;. The van der Waals surface area contributed by atoms with Gasteiger partial charge in [-0.15, -0.1) is 0 Å². The predicted octanol–water partition coefficient (Wildman–Crippen LogP) is -4.03. The van der Waals surface area contributed by atoms with Crippen molar-refractivity contribution in [3.05, 3.63) is 0 Å². The van der Waals surface area contributed by atoms with E-state index in [-0.39, 0.29) is 29.6 Å². The van der Waals surface area contributed by atoms with Crippen molar-refractivity contribution in [3.8, 4) is 0 Å². The van der Waals surface area contributed by atoms with Gasteiger partial charge in [-0.1, -0.05) is 13.8 Å². The van der Waals surface area contributed by atoms with Crippen LogP contribution in [0, 0.1) is 5.92 Å². The quantitative estimate of drug-likeness (QED) is 0.222. The van der Waals surface area contributed by atoms with Gasteiger partial charge in [0.25, 0.3) is 0 Å². The molecule has 0 aliphatic carbocycles. The Hall–Kier alpha value is 0.140. The fourth-order valence-corrected chi connectivity index (χ4v) is 0.236. The number of carboxylic acids is 1. The van der Waals surface area contributed by atoms with Gasteiger partial charge in [-0.3, -0.25) is 4.79 Å². The second-order valence-corrected chi connectivity index (χ2v) is 1.81. The minimum absolute atomic E-state index is 0. The van der Waals surface area contributed by atoms with E-state index in [4.69, 9.17) is 0 Å². The van der Waals surface area contributed by atoms with Gasteiger partial charge in [-0.05, 0) is 0 Å². The van der Waals surface area contributed by atoms with E-state index in [9.17, 15) is 14.7 Å². The van der Waals surface area contributed by atoms with Gasteiger partial charge in [-0.25, -0.2) is 0 Å². The van der Waals surface area contributed by atoms with Crippen molar-refractivity contribution in [3.63, 3.8) is 0 Å². The number of carbonyl (C=O) groups is 2. The topological polar surface area (TPSA) is 57.2 Å². The Balaban J connectivity index is 0. The van der Waals surface area contributed by atoms with E-state index in [1.54, 1.807) is 0 Å².